The maximum Gasteiger partial charge on any atom is 0.197 e. The molecule has 0 saturated heterocycles. The molecule has 0 spiro atoms. The van der Waals surface area contributed by atoms with Crippen molar-refractivity contribution in [1.82, 2.24) is 0 Å². The van der Waals surface area contributed by atoms with Crippen molar-refractivity contribution in [2.75, 3.05) is 13.2 Å². The van der Waals surface area contributed by atoms with Crippen LogP contribution in [0.15, 0.2) is 0 Å². The van der Waals surface area contributed by atoms with Gasteiger partial charge in [0.05, 0.1) is 6.61 Å². The smallest absolute Gasteiger partial charge is 0.197 e. The van der Waals surface area contributed by atoms with Gasteiger partial charge in [-0.2, -0.15) is 0 Å². The van der Waals surface area contributed by atoms with E-state index in [1.807, 2.05) is 0 Å². The molecule has 0 atom stereocenters. The molecule has 0 unspecified atom stereocenters. The van der Waals surface area contributed by atoms with E-state index in [0.717, 1.165) is 6.42 Å². The fourth-order valence-electron chi connectivity index (χ4n) is 0.502. The van der Waals surface area contributed by atoms with E-state index in [1.165, 1.54) is 0 Å². The Morgan fingerprint density at radius 3 is 2.55 bits per heavy atom. The average Bonchev–Trinajstić information content (AvgIpc) is 1.99. The normalized spacial score (nSPS) is 12.3. The molecule has 11 heavy (non-hydrogen) atoms. The third-order valence-corrected chi connectivity index (χ3v) is 1.67. The van der Waals surface area contributed by atoms with Crippen molar-refractivity contribution in [2.45, 2.75) is 20.3 Å². The van der Waals surface area contributed by atoms with E-state index in [4.69, 9.17) is 5.73 Å². The van der Waals surface area contributed by atoms with E-state index in [2.05, 4.69) is 28.4 Å². The highest BCUT2D eigenvalue weighted by atomic mass is 28.2. The molecule has 68 valence electrons. The van der Waals surface area contributed by atoms with Gasteiger partial charge in [-0.25, -0.2) is 4.89 Å². The van der Waals surface area contributed by atoms with Crippen LogP contribution < -0.4 is 5.73 Å². The molecule has 5 heteroatoms. The first-order chi connectivity index (χ1) is 5.12. The SMILES string of the molecule is CC(C)(CN)CCOOO[SiH3]. The molecule has 2 N–H and O–H groups in total. The lowest BCUT2D eigenvalue weighted by Crippen LogP contribution is -2.25. The summed E-state index contributed by atoms with van der Waals surface area (Å²) in [4.78, 5) is 4.68. The molecule has 0 aliphatic heterocycles. The Morgan fingerprint density at radius 1 is 1.45 bits per heavy atom. The van der Waals surface area contributed by atoms with Crippen LogP contribution in [-0.2, 0) is 14.5 Å². The van der Waals surface area contributed by atoms with Crippen LogP contribution in [0, 0.1) is 5.41 Å². The third kappa shape index (κ3) is 6.45. The first kappa shape index (κ1) is 11.1. The summed E-state index contributed by atoms with van der Waals surface area (Å²) in [5.74, 6) is 0. The molecule has 0 rings (SSSR count). The molecule has 0 aliphatic rings. The fraction of sp³-hybridized carbons (Fsp3) is 1.00. The highest BCUT2D eigenvalue weighted by Crippen LogP contribution is 2.17. The van der Waals surface area contributed by atoms with Crippen LogP contribution >= 0.6 is 0 Å². The van der Waals surface area contributed by atoms with E-state index >= 15 is 0 Å². The summed E-state index contributed by atoms with van der Waals surface area (Å²) in [7, 11) is 0.524. The van der Waals surface area contributed by atoms with Crippen LogP contribution in [0.5, 0.6) is 0 Å². The Kier molecular flexibility index (Phi) is 5.70. The van der Waals surface area contributed by atoms with Crippen molar-refractivity contribution in [3.05, 3.63) is 0 Å². The van der Waals surface area contributed by atoms with Crippen molar-refractivity contribution >= 4 is 10.5 Å². The molecule has 0 fully saturated rings. The minimum atomic E-state index is 0.120. The van der Waals surface area contributed by atoms with Crippen molar-refractivity contribution < 1.29 is 14.5 Å². The van der Waals surface area contributed by atoms with Crippen LogP contribution in [-0.4, -0.2) is 23.6 Å². The molecule has 0 bridgehead atoms. The van der Waals surface area contributed by atoms with E-state index in [-0.39, 0.29) is 5.41 Å². The van der Waals surface area contributed by atoms with Crippen molar-refractivity contribution in [2.24, 2.45) is 11.1 Å². The highest BCUT2D eigenvalue weighted by Gasteiger charge is 2.14. The molecular weight excluding hydrogens is 162 g/mol. The topological polar surface area (TPSA) is 53.7 Å². The van der Waals surface area contributed by atoms with Gasteiger partial charge in [0.25, 0.3) is 0 Å². The minimum Gasteiger partial charge on any atom is -0.330 e. The number of nitrogens with two attached hydrogens (primary N) is 1. The quantitative estimate of drug-likeness (QED) is 0.259. The monoisotopic (exact) mass is 179 g/mol. The van der Waals surface area contributed by atoms with Gasteiger partial charge in [-0.05, 0) is 18.4 Å². The van der Waals surface area contributed by atoms with Gasteiger partial charge in [0, 0.05) is 0 Å². The first-order valence-corrected chi connectivity index (χ1v) is 4.46. The number of rotatable bonds is 6. The fourth-order valence-corrected chi connectivity index (χ4v) is 0.598. The maximum atomic E-state index is 5.50. The molecule has 0 aromatic carbocycles. The maximum absolute atomic E-state index is 5.50. The average molecular weight is 179 g/mol. The summed E-state index contributed by atoms with van der Waals surface area (Å²) in [5, 5.41) is 4.29. The largest absolute Gasteiger partial charge is 0.330 e. The molecule has 0 saturated carbocycles. The lowest BCUT2D eigenvalue weighted by Gasteiger charge is -2.20. The summed E-state index contributed by atoms with van der Waals surface area (Å²) < 4.78 is 4.38. The van der Waals surface area contributed by atoms with Crippen LogP contribution in [0.4, 0.5) is 0 Å². The van der Waals surface area contributed by atoms with Crippen LogP contribution in [0.2, 0.25) is 0 Å². The third-order valence-electron chi connectivity index (χ3n) is 1.53. The van der Waals surface area contributed by atoms with E-state index in [1.54, 1.807) is 0 Å². The second-order valence-corrected chi connectivity index (χ2v) is 3.51. The molecule has 0 aromatic rings. The van der Waals surface area contributed by atoms with E-state index in [9.17, 15) is 0 Å². The Balaban J connectivity index is 3.23. The second-order valence-electron chi connectivity index (χ2n) is 3.18. The number of hydrogen-bond acceptors (Lipinski definition) is 4. The Hall–Kier alpha value is 0.0569. The molecule has 0 radical (unpaired) electrons. The lowest BCUT2D eigenvalue weighted by atomic mass is 9.90. The van der Waals surface area contributed by atoms with Crippen molar-refractivity contribution in [1.29, 1.82) is 0 Å². The molecule has 0 aromatic heterocycles. The Morgan fingerprint density at radius 2 is 2.09 bits per heavy atom. The predicted octanol–water partition coefficient (Wildman–Crippen LogP) is -0.478. The van der Waals surface area contributed by atoms with Gasteiger partial charge in [0.2, 0.25) is 0 Å². The summed E-state index contributed by atoms with van der Waals surface area (Å²) in [6.45, 7) is 5.33. The minimum absolute atomic E-state index is 0.120. The van der Waals surface area contributed by atoms with Gasteiger partial charge >= 0.3 is 0 Å². The summed E-state index contributed by atoms with van der Waals surface area (Å²) in [6.07, 6.45) is 0.869. The zero-order valence-corrected chi connectivity index (χ0v) is 9.42. The summed E-state index contributed by atoms with van der Waals surface area (Å²) in [5.41, 5.74) is 5.62. The molecular formula is C6H17NO3Si. The first-order valence-electron chi connectivity index (χ1n) is 3.65. The zero-order chi connectivity index (χ0) is 8.74. The highest BCUT2D eigenvalue weighted by molar-refractivity contribution is 5.97. The van der Waals surface area contributed by atoms with Gasteiger partial charge in [-0.1, -0.05) is 18.9 Å². The van der Waals surface area contributed by atoms with Gasteiger partial charge in [0.1, 0.15) is 0 Å². The van der Waals surface area contributed by atoms with Gasteiger partial charge in [-0.15, -0.1) is 0 Å². The van der Waals surface area contributed by atoms with E-state index < -0.39 is 0 Å². The van der Waals surface area contributed by atoms with Gasteiger partial charge in [0.15, 0.2) is 10.5 Å². The molecule has 0 amide bonds. The second kappa shape index (κ2) is 5.67. The Bertz CT molecular complexity index is 99.8. The Labute approximate surface area is 70.4 Å². The molecule has 0 aliphatic carbocycles. The van der Waals surface area contributed by atoms with Crippen LogP contribution in [0.1, 0.15) is 20.3 Å². The molecule has 0 heterocycles. The van der Waals surface area contributed by atoms with Gasteiger partial charge < -0.3 is 5.73 Å². The predicted molar refractivity (Wildman–Crippen MR) is 45.5 cm³/mol. The van der Waals surface area contributed by atoms with Crippen molar-refractivity contribution in [3.63, 3.8) is 0 Å². The summed E-state index contributed by atoms with van der Waals surface area (Å²) >= 11 is 0. The van der Waals surface area contributed by atoms with Crippen LogP contribution in [0.25, 0.3) is 0 Å². The van der Waals surface area contributed by atoms with Gasteiger partial charge in [-0.3, -0.25) is 4.58 Å². The van der Waals surface area contributed by atoms with Crippen LogP contribution in [0.3, 0.4) is 0 Å². The lowest BCUT2D eigenvalue weighted by molar-refractivity contribution is -0.468. The van der Waals surface area contributed by atoms with E-state index in [0.29, 0.717) is 23.6 Å². The zero-order valence-electron chi connectivity index (χ0n) is 7.42. The standard InChI is InChI=1S/C6H17NO3Si/c1-6(2,5-7)3-4-8-9-10-11/h3-5,7H2,1-2,11H3. The van der Waals surface area contributed by atoms with Crippen molar-refractivity contribution in [3.8, 4) is 0 Å². The molecule has 4 nitrogen and oxygen atoms in total. The number of hydrogen-bond donors (Lipinski definition) is 1. The summed E-state index contributed by atoms with van der Waals surface area (Å²) in [6, 6.07) is 0.